The lowest BCUT2D eigenvalue weighted by molar-refractivity contribution is -0.582. The lowest BCUT2D eigenvalue weighted by Gasteiger charge is -2.09. The molecule has 0 saturated carbocycles. The van der Waals surface area contributed by atoms with E-state index < -0.39 is 30.3 Å². The first-order chi connectivity index (χ1) is 4.63. The van der Waals surface area contributed by atoms with Gasteiger partial charge in [0.2, 0.25) is 0 Å². The zero-order valence-electron chi connectivity index (χ0n) is 5.17. The Labute approximate surface area is 56.9 Å². The molecule has 0 heterocycles. The molecule has 0 aliphatic carbocycles. The number of nitrogens with zero attached hydrogens (tertiary/aromatic N) is 1. The number of hydrogen-bond donors (Lipinski definition) is 3. The zero-order chi connectivity index (χ0) is 8.15. The van der Waals surface area contributed by atoms with E-state index >= 15 is 0 Å². The average molecular weight is 151 g/mol. The Morgan fingerprint density at radius 1 is 1.40 bits per heavy atom. The Bertz CT molecular complexity index is 112. The van der Waals surface area contributed by atoms with Gasteiger partial charge in [0.05, 0.1) is 24.1 Å². The molecule has 0 spiro atoms. The normalized spacial score (nSPS) is 13.6. The van der Waals surface area contributed by atoms with E-state index in [2.05, 4.69) is 0 Å². The highest BCUT2D eigenvalue weighted by atomic mass is 16.7. The van der Waals surface area contributed by atoms with E-state index in [0.717, 1.165) is 0 Å². The molecule has 0 radical (unpaired) electrons. The van der Waals surface area contributed by atoms with E-state index in [9.17, 15) is 10.1 Å². The summed E-state index contributed by atoms with van der Waals surface area (Å²) in [4.78, 5) is 8.83. The maximum absolute atomic E-state index is 9.79. The van der Waals surface area contributed by atoms with Crippen molar-refractivity contribution in [2.24, 2.45) is 5.92 Å². The van der Waals surface area contributed by atoms with Crippen LogP contribution in [0.25, 0.3) is 0 Å². The van der Waals surface area contributed by atoms with Crippen molar-refractivity contribution >= 4 is 0 Å². The second kappa shape index (κ2) is 4.15. The molecule has 10 heavy (non-hydrogen) atoms. The van der Waals surface area contributed by atoms with Crippen molar-refractivity contribution in [3.63, 3.8) is 0 Å². The molecule has 6 heteroatoms. The van der Waals surface area contributed by atoms with Crippen molar-refractivity contribution in [1.82, 2.24) is 0 Å². The van der Waals surface area contributed by atoms with Crippen molar-refractivity contribution in [2.45, 2.75) is 6.23 Å². The summed E-state index contributed by atoms with van der Waals surface area (Å²) in [5.41, 5.74) is 0. The molecule has 3 N–H and O–H groups in total. The molecule has 1 unspecified atom stereocenters. The third-order valence-corrected chi connectivity index (χ3v) is 1.11. The van der Waals surface area contributed by atoms with Crippen LogP contribution in [0.4, 0.5) is 0 Å². The first kappa shape index (κ1) is 9.28. The smallest absolute Gasteiger partial charge is 0.320 e. The molecule has 0 saturated heterocycles. The maximum Gasteiger partial charge on any atom is 0.320 e. The van der Waals surface area contributed by atoms with Gasteiger partial charge in [-0.2, -0.15) is 0 Å². The number of hydrogen-bond acceptors (Lipinski definition) is 5. The van der Waals surface area contributed by atoms with Crippen LogP contribution in [-0.4, -0.2) is 39.7 Å². The van der Waals surface area contributed by atoms with Gasteiger partial charge in [-0.25, -0.2) is 0 Å². The SMILES string of the molecule is O=[N+]([O-])C(O)C(CO)CO. The van der Waals surface area contributed by atoms with Crippen molar-refractivity contribution < 1.29 is 20.2 Å². The van der Waals surface area contributed by atoms with Crippen molar-refractivity contribution in [3.05, 3.63) is 10.1 Å². The minimum absolute atomic E-state index is 0.599. The third kappa shape index (κ3) is 2.26. The largest absolute Gasteiger partial charge is 0.396 e. The van der Waals surface area contributed by atoms with Crippen molar-refractivity contribution in [1.29, 1.82) is 0 Å². The second-order valence-corrected chi connectivity index (χ2v) is 1.82. The van der Waals surface area contributed by atoms with E-state index in [0.29, 0.717) is 0 Å². The van der Waals surface area contributed by atoms with E-state index in [-0.39, 0.29) is 0 Å². The average Bonchev–Trinajstić information content (AvgIpc) is 1.90. The zero-order valence-corrected chi connectivity index (χ0v) is 5.17. The van der Waals surface area contributed by atoms with Gasteiger partial charge in [0.25, 0.3) is 0 Å². The van der Waals surface area contributed by atoms with Crippen molar-refractivity contribution in [2.75, 3.05) is 13.2 Å². The van der Waals surface area contributed by atoms with Crippen LogP contribution in [0.3, 0.4) is 0 Å². The monoisotopic (exact) mass is 151 g/mol. The lowest BCUT2D eigenvalue weighted by atomic mass is 10.1. The Kier molecular flexibility index (Phi) is 3.85. The minimum atomic E-state index is -1.88. The quantitative estimate of drug-likeness (QED) is 0.249. The van der Waals surface area contributed by atoms with Crippen LogP contribution in [0.15, 0.2) is 0 Å². The lowest BCUT2D eigenvalue weighted by Crippen LogP contribution is -2.33. The van der Waals surface area contributed by atoms with Crippen molar-refractivity contribution in [3.8, 4) is 0 Å². The fourth-order valence-corrected chi connectivity index (χ4v) is 0.418. The number of rotatable bonds is 4. The Balaban J connectivity index is 3.88. The summed E-state index contributed by atoms with van der Waals surface area (Å²) in [5.74, 6) is -1.09. The summed E-state index contributed by atoms with van der Waals surface area (Å²) in [5, 5.41) is 35.0. The van der Waals surface area contributed by atoms with E-state index in [1.54, 1.807) is 0 Å². The van der Waals surface area contributed by atoms with Crippen LogP contribution in [0.1, 0.15) is 0 Å². The predicted molar refractivity (Wildman–Crippen MR) is 30.7 cm³/mol. The van der Waals surface area contributed by atoms with Crippen LogP contribution >= 0.6 is 0 Å². The second-order valence-electron chi connectivity index (χ2n) is 1.82. The molecular weight excluding hydrogens is 142 g/mol. The molecule has 1 atom stereocenters. The topological polar surface area (TPSA) is 104 Å². The molecule has 0 aromatic rings. The highest BCUT2D eigenvalue weighted by Crippen LogP contribution is 2.01. The molecule has 0 fully saturated rings. The Hall–Kier alpha value is -0.720. The first-order valence-electron chi connectivity index (χ1n) is 2.66. The Morgan fingerprint density at radius 3 is 1.90 bits per heavy atom. The molecule has 0 aromatic carbocycles. The van der Waals surface area contributed by atoms with Gasteiger partial charge in [-0.3, -0.25) is 10.1 Å². The van der Waals surface area contributed by atoms with Crippen LogP contribution < -0.4 is 0 Å². The van der Waals surface area contributed by atoms with E-state index in [1.165, 1.54) is 0 Å². The molecule has 0 rings (SSSR count). The predicted octanol–water partition coefficient (Wildman–Crippen LogP) is -1.82. The summed E-state index contributed by atoms with van der Waals surface area (Å²) in [6, 6.07) is 0. The van der Waals surface area contributed by atoms with Gasteiger partial charge in [-0.05, 0) is 0 Å². The summed E-state index contributed by atoms with van der Waals surface area (Å²) < 4.78 is 0. The van der Waals surface area contributed by atoms with Gasteiger partial charge >= 0.3 is 6.23 Å². The van der Waals surface area contributed by atoms with Gasteiger partial charge in [0, 0.05) is 0 Å². The van der Waals surface area contributed by atoms with Crippen LogP contribution in [-0.2, 0) is 0 Å². The molecule has 60 valence electrons. The number of aliphatic hydroxyl groups excluding tert-OH is 3. The molecule has 6 nitrogen and oxygen atoms in total. The van der Waals surface area contributed by atoms with Gasteiger partial charge in [-0.15, -0.1) is 0 Å². The van der Waals surface area contributed by atoms with E-state index in [1.807, 2.05) is 0 Å². The molecule has 0 aliphatic rings. The molecule has 0 amide bonds. The van der Waals surface area contributed by atoms with Gasteiger partial charge in [-0.1, -0.05) is 0 Å². The molecule has 0 aromatic heterocycles. The van der Waals surface area contributed by atoms with Gasteiger partial charge in [0.15, 0.2) is 0 Å². The fraction of sp³-hybridized carbons (Fsp3) is 1.00. The number of aliphatic hydroxyl groups is 3. The first-order valence-corrected chi connectivity index (χ1v) is 2.66. The van der Waals surface area contributed by atoms with Gasteiger partial charge in [0.1, 0.15) is 0 Å². The summed E-state index contributed by atoms with van der Waals surface area (Å²) in [6.45, 7) is -1.20. The van der Waals surface area contributed by atoms with Crippen LogP contribution in [0.2, 0.25) is 0 Å². The highest BCUT2D eigenvalue weighted by Gasteiger charge is 2.27. The minimum Gasteiger partial charge on any atom is -0.396 e. The molecular formula is C4H9NO5. The van der Waals surface area contributed by atoms with Gasteiger partial charge < -0.3 is 15.3 Å². The summed E-state index contributed by atoms with van der Waals surface area (Å²) >= 11 is 0. The highest BCUT2D eigenvalue weighted by molar-refractivity contribution is 4.56. The van der Waals surface area contributed by atoms with Crippen LogP contribution in [0, 0.1) is 16.0 Å². The summed E-state index contributed by atoms with van der Waals surface area (Å²) in [6.07, 6.45) is -1.88. The standard InChI is InChI=1S/C4H9NO5/c6-1-3(2-7)4(8)5(9)10/h3-4,6-8H,1-2H2. The number of nitro groups is 1. The summed E-state index contributed by atoms with van der Waals surface area (Å²) in [7, 11) is 0. The Morgan fingerprint density at radius 2 is 1.80 bits per heavy atom. The maximum atomic E-state index is 9.79. The fourth-order valence-electron chi connectivity index (χ4n) is 0.418. The third-order valence-electron chi connectivity index (χ3n) is 1.11. The molecule has 0 aliphatic heterocycles. The van der Waals surface area contributed by atoms with E-state index in [4.69, 9.17) is 15.3 Å². The molecule has 0 bridgehead atoms. The van der Waals surface area contributed by atoms with Crippen LogP contribution in [0.5, 0.6) is 0 Å².